The number of hydrogen-bond donors (Lipinski definition) is 0. The molecule has 0 N–H and O–H groups in total. The van der Waals surface area contributed by atoms with Crippen molar-refractivity contribution in [3.63, 3.8) is 0 Å². The Kier molecular flexibility index (Phi) is 6.28. The fourth-order valence-corrected chi connectivity index (χ4v) is 2.98. The van der Waals surface area contributed by atoms with Crippen molar-refractivity contribution in [3.8, 4) is 17.4 Å². The van der Waals surface area contributed by atoms with Crippen molar-refractivity contribution < 1.29 is 19.0 Å². The Labute approximate surface area is 171 Å². The van der Waals surface area contributed by atoms with Gasteiger partial charge in [0.1, 0.15) is 11.5 Å². The monoisotopic (exact) mass is 475 g/mol. The summed E-state index contributed by atoms with van der Waals surface area (Å²) in [5.41, 5.74) is 2.27. The van der Waals surface area contributed by atoms with E-state index in [9.17, 15) is 4.79 Å². The molecule has 0 saturated carbocycles. The summed E-state index contributed by atoms with van der Waals surface area (Å²) in [4.78, 5) is 16.2. The number of aromatic nitrogens is 1. The van der Waals surface area contributed by atoms with Gasteiger partial charge >= 0.3 is 5.97 Å². The number of ether oxygens (including phenoxy) is 3. The molecule has 3 rings (SSSR count). The highest BCUT2D eigenvalue weighted by molar-refractivity contribution is 14.1. The van der Waals surface area contributed by atoms with E-state index in [0.717, 1.165) is 14.7 Å². The summed E-state index contributed by atoms with van der Waals surface area (Å²) in [5.74, 6) is 1.43. The highest BCUT2D eigenvalue weighted by Crippen LogP contribution is 2.30. The van der Waals surface area contributed by atoms with Crippen LogP contribution in [0.1, 0.15) is 21.5 Å². The van der Waals surface area contributed by atoms with Crippen LogP contribution < -0.4 is 9.47 Å². The Bertz CT molecular complexity index is 941. The number of pyridine rings is 1. The molecule has 1 aromatic heterocycles. The summed E-state index contributed by atoms with van der Waals surface area (Å²) < 4.78 is 17.4. The summed E-state index contributed by atoms with van der Waals surface area (Å²) in [7, 11) is 2.95. The predicted octanol–water partition coefficient (Wildman–Crippen LogP) is 4.86. The highest BCUT2D eigenvalue weighted by Gasteiger charge is 2.14. The van der Waals surface area contributed by atoms with E-state index >= 15 is 0 Å². The number of methoxy groups -OCH3 is 2. The zero-order chi connectivity index (χ0) is 19.2. The van der Waals surface area contributed by atoms with Crippen LogP contribution in [0.2, 0.25) is 0 Å². The first kappa shape index (κ1) is 19.2. The Morgan fingerprint density at radius 3 is 2.52 bits per heavy atom. The number of rotatable bonds is 6. The molecule has 0 saturated heterocycles. The number of carbonyl (C=O) groups excluding carboxylic acids is 1. The lowest BCUT2D eigenvalue weighted by Gasteiger charge is -2.14. The molecular weight excluding hydrogens is 457 g/mol. The molecule has 0 amide bonds. The Morgan fingerprint density at radius 2 is 1.81 bits per heavy atom. The molecule has 138 valence electrons. The quantitative estimate of drug-likeness (QED) is 0.377. The number of carbonyl (C=O) groups is 1. The molecule has 5 nitrogen and oxygen atoms in total. The van der Waals surface area contributed by atoms with Crippen LogP contribution in [0.25, 0.3) is 0 Å². The van der Waals surface area contributed by atoms with Crippen LogP contribution in [0.5, 0.6) is 17.4 Å². The lowest BCUT2D eigenvalue weighted by Crippen LogP contribution is -2.03. The summed E-state index contributed by atoms with van der Waals surface area (Å²) >= 11 is 2.24. The molecule has 0 aliphatic heterocycles. The van der Waals surface area contributed by atoms with Crippen molar-refractivity contribution in [1.29, 1.82) is 0 Å². The standard InChI is InChI=1S/C21H18INO4/c1-25-20-15(4-3-11-23-20)12-14-5-6-16(21(24)26-2)13-19(14)27-18-9-7-17(22)8-10-18/h3-11,13H,12H2,1-2H3. The first-order valence-electron chi connectivity index (χ1n) is 8.23. The second-order valence-corrected chi connectivity index (χ2v) is 6.96. The summed E-state index contributed by atoms with van der Waals surface area (Å²) in [6, 6.07) is 16.8. The van der Waals surface area contributed by atoms with E-state index < -0.39 is 5.97 Å². The molecule has 0 radical (unpaired) electrons. The minimum Gasteiger partial charge on any atom is -0.481 e. The molecule has 3 aromatic rings. The van der Waals surface area contributed by atoms with Gasteiger partial charge in [-0.25, -0.2) is 9.78 Å². The Hall–Kier alpha value is -2.61. The van der Waals surface area contributed by atoms with Crippen LogP contribution in [0.4, 0.5) is 0 Å². The van der Waals surface area contributed by atoms with Gasteiger partial charge in [0.05, 0.1) is 19.8 Å². The van der Waals surface area contributed by atoms with Crippen LogP contribution in [-0.4, -0.2) is 25.2 Å². The van der Waals surface area contributed by atoms with Gasteiger partial charge in [-0.2, -0.15) is 0 Å². The predicted molar refractivity (Wildman–Crippen MR) is 111 cm³/mol. The van der Waals surface area contributed by atoms with Gasteiger partial charge in [0, 0.05) is 21.8 Å². The summed E-state index contributed by atoms with van der Waals surface area (Å²) in [5, 5.41) is 0. The average molecular weight is 475 g/mol. The van der Waals surface area contributed by atoms with E-state index in [2.05, 4.69) is 27.6 Å². The van der Waals surface area contributed by atoms with Crippen LogP contribution in [0.15, 0.2) is 60.8 Å². The van der Waals surface area contributed by atoms with Crippen molar-refractivity contribution in [2.45, 2.75) is 6.42 Å². The van der Waals surface area contributed by atoms with Gasteiger partial charge in [-0.15, -0.1) is 0 Å². The average Bonchev–Trinajstić information content (AvgIpc) is 2.70. The van der Waals surface area contributed by atoms with Crippen molar-refractivity contribution in [1.82, 2.24) is 4.98 Å². The van der Waals surface area contributed by atoms with Gasteiger partial charge in [0.15, 0.2) is 0 Å². The minimum atomic E-state index is -0.409. The van der Waals surface area contributed by atoms with Crippen molar-refractivity contribution in [3.05, 3.63) is 81.1 Å². The fourth-order valence-electron chi connectivity index (χ4n) is 2.62. The lowest BCUT2D eigenvalue weighted by molar-refractivity contribution is 0.0600. The molecule has 0 fully saturated rings. The van der Waals surface area contributed by atoms with E-state index in [4.69, 9.17) is 14.2 Å². The van der Waals surface area contributed by atoms with Crippen molar-refractivity contribution in [2.75, 3.05) is 14.2 Å². The van der Waals surface area contributed by atoms with E-state index in [1.165, 1.54) is 7.11 Å². The van der Waals surface area contributed by atoms with Gasteiger partial charge in [0.25, 0.3) is 0 Å². The van der Waals surface area contributed by atoms with E-state index in [0.29, 0.717) is 29.4 Å². The third-order valence-corrected chi connectivity index (χ3v) is 4.67. The van der Waals surface area contributed by atoms with Crippen LogP contribution >= 0.6 is 22.6 Å². The molecule has 2 aromatic carbocycles. The smallest absolute Gasteiger partial charge is 0.337 e. The number of esters is 1. The molecule has 6 heteroatoms. The third kappa shape index (κ3) is 4.77. The topological polar surface area (TPSA) is 57.7 Å². The molecule has 1 heterocycles. The first-order chi connectivity index (χ1) is 13.1. The normalized spacial score (nSPS) is 10.3. The number of halogens is 1. The van der Waals surface area contributed by atoms with Crippen LogP contribution in [0.3, 0.4) is 0 Å². The number of nitrogens with zero attached hydrogens (tertiary/aromatic N) is 1. The fraction of sp³-hybridized carbons (Fsp3) is 0.143. The molecule has 0 aliphatic carbocycles. The molecule has 27 heavy (non-hydrogen) atoms. The maximum absolute atomic E-state index is 11.9. The van der Waals surface area contributed by atoms with Crippen molar-refractivity contribution >= 4 is 28.6 Å². The summed E-state index contributed by atoms with van der Waals surface area (Å²) in [6.07, 6.45) is 2.24. The largest absolute Gasteiger partial charge is 0.481 e. The van der Waals surface area contributed by atoms with Gasteiger partial charge < -0.3 is 14.2 Å². The van der Waals surface area contributed by atoms with Gasteiger partial charge in [-0.1, -0.05) is 12.1 Å². The second-order valence-electron chi connectivity index (χ2n) is 5.72. The maximum atomic E-state index is 11.9. The molecule has 0 bridgehead atoms. The zero-order valence-electron chi connectivity index (χ0n) is 14.9. The Morgan fingerprint density at radius 1 is 1.04 bits per heavy atom. The maximum Gasteiger partial charge on any atom is 0.337 e. The zero-order valence-corrected chi connectivity index (χ0v) is 17.1. The van der Waals surface area contributed by atoms with Gasteiger partial charge in [-0.3, -0.25) is 0 Å². The highest BCUT2D eigenvalue weighted by atomic mass is 127. The van der Waals surface area contributed by atoms with Gasteiger partial charge in [-0.05, 0) is 70.6 Å². The number of hydrogen-bond acceptors (Lipinski definition) is 5. The first-order valence-corrected chi connectivity index (χ1v) is 9.31. The third-order valence-electron chi connectivity index (χ3n) is 3.95. The summed E-state index contributed by atoms with van der Waals surface area (Å²) in [6.45, 7) is 0. The number of benzene rings is 2. The van der Waals surface area contributed by atoms with Crippen molar-refractivity contribution in [2.24, 2.45) is 0 Å². The second kappa shape index (κ2) is 8.85. The minimum absolute atomic E-state index is 0.409. The molecular formula is C21H18INO4. The van der Waals surface area contributed by atoms with Gasteiger partial charge in [0.2, 0.25) is 5.88 Å². The van der Waals surface area contributed by atoms with E-state index in [1.54, 1.807) is 25.4 Å². The lowest BCUT2D eigenvalue weighted by atomic mass is 10.0. The van der Waals surface area contributed by atoms with Crippen LogP contribution in [-0.2, 0) is 11.2 Å². The molecule has 0 unspecified atom stereocenters. The SMILES string of the molecule is COC(=O)c1ccc(Cc2cccnc2OC)c(Oc2ccc(I)cc2)c1. The van der Waals surface area contributed by atoms with E-state index in [1.807, 2.05) is 42.5 Å². The van der Waals surface area contributed by atoms with E-state index in [-0.39, 0.29) is 0 Å². The van der Waals surface area contributed by atoms with Crippen LogP contribution in [0, 0.1) is 3.57 Å². The molecule has 0 atom stereocenters. The molecule has 0 aliphatic rings. The molecule has 0 spiro atoms. The Balaban J connectivity index is 1.98.